The van der Waals surface area contributed by atoms with Gasteiger partial charge in [0.1, 0.15) is 0 Å². The Morgan fingerprint density at radius 3 is 2.53 bits per heavy atom. The minimum atomic E-state index is -4.49. The highest BCUT2D eigenvalue weighted by atomic mass is 19.4. The third-order valence-corrected chi connectivity index (χ3v) is 2.52. The van der Waals surface area contributed by atoms with Crippen LogP contribution < -0.4 is 5.32 Å². The van der Waals surface area contributed by atoms with E-state index in [9.17, 15) is 18.0 Å². The third kappa shape index (κ3) is 3.37. The van der Waals surface area contributed by atoms with Gasteiger partial charge in [0.25, 0.3) is 0 Å². The summed E-state index contributed by atoms with van der Waals surface area (Å²) in [5, 5.41) is 2.28. The van der Waals surface area contributed by atoms with Gasteiger partial charge in [-0.2, -0.15) is 13.2 Å². The topological polar surface area (TPSA) is 44.9 Å². The summed E-state index contributed by atoms with van der Waals surface area (Å²) in [4.78, 5) is 14.5. The number of alkyl halides is 3. The molecule has 0 aliphatic heterocycles. The standard InChI is InChI=1S/C13H11F3N2O/c14-13(15,16)10-5-1-2-6-11(10)18-12(19)8-9-4-3-7-17-9/h1-7,17H,8H2,(H,18,19). The lowest BCUT2D eigenvalue weighted by molar-refractivity contribution is -0.137. The van der Waals surface area contributed by atoms with E-state index in [1.165, 1.54) is 18.2 Å². The van der Waals surface area contributed by atoms with Crippen LogP contribution in [-0.2, 0) is 17.4 Å². The maximum Gasteiger partial charge on any atom is 0.418 e. The van der Waals surface area contributed by atoms with Gasteiger partial charge in [-0.3, -0.25) is 4.79 Å². The number of aromatic amines is 1. The second-order valence-electron chi connectivity index (χ2n) is 3.96. The highest BCUT2D eigenvalue weighted by Crippen LogP contribution is 2.34. The molecule has 6 heteroatoms. The zero-order chi connectivity index (χ0) is 13.9. The van der Waals surface area contributed by atoms with Gasteiger partial charge in [0.15, 0.2) is 0 Å². The first-order chi connectivity index (χ1) is 8.97. The molecule has 0 atom stereocenters. The van der Waals surface area contributed by atoms with E-state index in [4.69, 9.17) is 0 Å². The highest BCUT2D eigenvalue weighted by Gasteiger charge is 2.33. The Bertz CT molecular complexity index is 562. The molecule has 0 unspecified atom stereocenters. The quantitative estimate of drug-likeness (QED) is 0.882. The first-order valence-electron chi connectivity index (χ1n) is 5.55. The molecular formula is C13H11F3N2O. The Morgan fingerprint density at radius 2 is 1.89 bits per heavy atom. The molecule has 1 heterocycles. The number of hydrogen-bond acceptors (Lipinski definition) is 1. The van der Waals surface area contributed by atoms with Crippen LogP contribution in [0.3, 0.4) is 0 Å². The van der Waals surface area contributed by atoms with Crippen LogP contribution in [-0.4, -0.2) is 10.9 Å². The van der Waals surface area contributed by atoms with Crippen LogP contribution in [0.1, 0.15) is 11.3 Å². The number of hydrogen-bond donors (Lipinski definition) is 2. The fourth-order valence-corrected chi connectivity index (χ4v) is 1.68. The second kappa shape index (κ2) is 5.17. The number of amides is 1. The highest BCUT2D eigenvalue weighted by molar-refractivity contribution is 5.92. The van der Waals surface area contributed by atoms with Crippen molar-refractivity contribution in [3.8, 4) is 0 Å². The number of nitrogens with one attached hydrogen (secondary N) is 2. The van der Waals surface area contributed by atoms with E-state index >= 15 is 0 Å². The monoisotopic (exact) mass is 268 g/mol. The number of para-hydroxylation sites is 1. The molecule has 0 saturated carbocycles. The molecule has 0 radical (unpaired) electrons. The van der Waals surface area contributed by atoms with Crippen molar-refractivity contribution >= 4 is 11.6 Å². The summed E-state index contributed by atoms with van der Waals surface area (Å²) in [6.45, 7) is 0. The molecule has 0 aliphatic carbocycles. The first kappa shape index (κ1) is 13.2. The van der Waals surface area contributed by atoms with Crippen molar-refractivity contribution in [3.05, 3.63) is 53.9 Å². The second-order valence-corrected chi connectivity index (χ2v) is 3.96. The minimum Gasteiger partial charge on any atom is -0.365 e. The molecule has 0 spiro atoms. The van der Waals surface area contributed by atoms with Gasteiger partial charge in [0, 0.05) is 11.9 Å². The fraction of sp³-hybridized carbons (Fsp3) is 0.154. The lowest BCUT2D eigenvalue weighted by atomic mass is 10.1. The van der Waals surface area contributed by atoms with Crippen LogP contribution >= 0.6 is 0 Å². The SMILES string of the molecule is O=C(Cc1ccc[nH]1)Nc1ccccc1C(F)(F)F. The molecule has 0 saturated heterocycles. The third-order valence-electron chi connectivity index (χ3n) is 2.52. The molecule has 1 aromatic heterocycles. The Morgan fingerprint density at radius 1 is 1.16 bits per heavy atom. The smallest absolute Gasteiger partial charge is 0.365 e. The molecule has 2 rings (SSSR count). The maximum absolute atomic E-state index is 12.7. The summed E-state index contributed by atoms with van der Waals surface area (Å²) in [5.74, 6) is -0.501. The van der Waals surface area contributed by atoms with Crippen molar-refractivity contribution in [2.45, 2.75) is 12.6 Å². The molecule has 0 fully saturated rings. The Hall–Kier alpha value is -2.24. The number of aromatic nitrogens is 1. The molecule has 100 valence electrons. The number of carbonyl (C=O) groups excluding carboxylic acids is 1. The maximum atomic E-state index is 12.7. The Kier molecular flexibility index (Phi) is 3.59. The van der Waals surface area contributed by atoms with Crippen LogP contribution in [0, 0.1) is 0 Å². The van der Waals surface area contributed by atoms with Gasteiger partial charge in [-0.1, -0.05) is 12.1 Å². The van der Waals surface area contributed by atoms with Gasteiger partial charge in [-0.15, -0.1) is 0 Å². The normalized spacial score (nSPS) is 11.3. The molecule has 2 aromatic rings. The summed E-state index contributed by atoms with van der Waals surface area (Å²) in [7, 11) is 0. The predicted molar refractivity (Wildman–Crippen MR) is 64.6 cm³/mol. The lowest BCUT2D eigenvalue weighted by Crippen LogP contribution is -2.18. The van der Waals surface area contributed by atoms with Gasteiger partial charge in [0.2, 0.25) is 5.91 Å². The predicted octanol–water partition coefficient (Wildman–Crippen LogP) is 3.21. The summed E-state index contributed by atoms with van der Waals surface area (Å²) in [5.41, 5.74) is -0.441. The van der Waals surface area contributed by atoms with E-state index in [1.807, 2.05) is 0 Å². The van der Waals surface area contributed by atoms with Crippen LogP contribution in [0.2, 0.25) is 0 Å². The number of H-pyrrole nitrogens is 1. The van der Waals surface area contributed by atoms with Crippen molar-refractivity contribution in [3.63, 3.8) is 0 Å². The zero-order valence-electron chi connectivity index (χ0n) is 9.79. The van der Waals surface area contributed by atoms with E-state index in [0.717, 1.165) is 6.07 Å². The van der Waals surface area contributed by atoms with Gasteiger partial charge >= 0.3 is 6.18 Å². The molecule has 0 aliphatic rings. The zero-order valence-corrected chi connectivity index (χ0v) is 9.79. The average molecular weight is 268 g/mol. The molecule has 2 N–H and O–H groups in total. The molecule has 1 aromatic carbocycles. The summed E-state index contributed by atoms with van der Waals surface area (Å²) >= 11 is 0. The van der Waals surface area contributed by atoms with E-state index in [-0.39, 0.29) is 12.1 Å². The number of rotatable bonds is 3. The number of halogens is 3. The van der Waals surface area contributed by atoms with Crippen molar-refractivity contribution in [1.82, 2.24) is 4.98 Å². The molecule has 3 nitrogen and oxygen atoms in total. The van der Waals surface area contributed by atoms with Gasteiger partial charge in [0.05, 0.1) is 17.7 Å². The van der Waals surface area contributed by atoms with Gasteiger partial charge < -0.3 is 10.3 Å². The molecule has 1 amide bonds. The lowest BCUT2D eigenvalue weighted by Gasteiger charge is -2.13. The Labute approximate surface area is 107 Å². The summed E-state index contributed by atoms with van der Waals surface area (Å²) in [6.07, 6.45) is -2.85. The minimum absolute atomic E-state index is 0.000802. The number of benzene rings is 1. The van der Waals surface area contributed by atoms with Crippen LogP contribution in [0.5, 0.6) is 0 Å². The largest absolute Gasteiger partial charge is 0.418 e. The number of anilines is 1. The van der Waals surface area contributed by atoms with Crippen LogP contribution in [0.25, 0.3) is 0 Å². The van der Waals surface area contributed by atoms with Crippen LogP contribution in [0.15, 0.2) is 42.6 Å². The van der Waals surface area contributed by atoms with Gasteiger partial charge in [-0.25, -0.2) is 0 Å². The summed E-state index contributed by atoms with van der Waals surface area (Å²) in [6, 6.07) is 8.30. The molecule has 0 bridgehead atoms. The molecular weight excluding hydrogens is 257 g/mol. The van der Waals surface area contributed by atoms with Crippen molar-refractivity contribution in [2.75, 3.05) is 5.32 Å². The average Bonchev–Trinajstić information content (AvgIpc) is 2.81. The van der Waals surface area contributed by atoms with Crippen molar-refractivity contribution < 1.29 is 18.0 Å². The van der Waals surface area contributed by atoms with Gasteiger partial charge in [-0.05, 0) is 24.3 Å². The number of carbonyl (C=O) groups is 1. The van der Waals surface area contributed by atoms with Crippen molar-refractivity contribution in [1.29, 1.82) is 0 Å². The van der Waals surface area contributed by atoms with Crippen molar-refractivity contribution in [2.24, 2.45) is 0 Å². The van der Waals surface area contributed by atoms with Crippen LogP contribution in [0.4, 0.5) is 18.9 Å². The van der Waals surface area contributed by atoms with E-state index in [1.54, 1.807) is 18.3 Å². The fourth-order valence-electron chi connectivity index (χ4n) is 1.68. The van der Waals surface area contributed by atoms with E-state index in [2.05, 4.69) is 10.3 Å². The molecule has 19 heavy (non-hydrogen) atoms. The first-order valence-corrected chi connectivity index (χ1v) is 5.55. The summed E-state index contributed by atoms with van der Waals surface area (Å²) < 4.78 is 38.2. The Balaban J connectivity index is 2.13. The van der Waals surface area contributed by atoms with E-state index in [0.29, 0.717) is 5.69 Å². The van der Waals surface area contributed by atoms with E-state index < -0.39 is 17.6 Å².